The standard InChI is InChI=1S/C17H21NO2S/c1-20-14-6-5-12-3-2-4-16(15(12)9-14)18-10-17(19)13-7-8-21-11-13/h5-9,11,16-19H,2-4,10H2,1H3. The highest BCUT2D eigenvalue weighted by Gasteiger charge is 2.21. The highest BCUT2D eigenvalue weighted by molar-refractivity contribution is 7.07. The lowest BCUT2D eigenvalue weighted by Gasteiger charge is -2.28. The third kappa shape index (κ3) is 3.28. The zero-order chi connectivity index (χ0) is 14.7. The van der Waals surface area contributed by atoms with Crippen LogP contribution in [-0.4, -0.2) is 18.8 Å². The van der Waals surface area contributed by atoms with Crippen molar-refractivity contribution in [2.24, 2.45) is 0 Å². The van der Waals surface area contributed by atoms with E-state index in [9.17, 15) is 5.11 Å². The lowest BCUT2D eigenvalue weighted by Crippen LogP contribution is -2.29. The predicted octanol–water partition coefficient (Wildman–Crippen LogP) is 3.46. The number of methoxy groups -OCH3 is 1. The minimum Gasteiger partial charge on any atom is -0.497 e. The van der Waals surface area contributed by atoms with Gasteiger partial charge >= 0.3 is 0 Å². The molecule has 1 aliphatic carbocycles. The molecule has 0 fully saturated rings. The quantitative estimate of drug-likeness (QED) is 0.889. The van der Waals surface area contributed by atoms with E-state index in [1.54, 1.807) is 18.4 Å². The largest absolute Gasteiger partial charge is 0.497 e. The van der Waals surface area contributed by atoms with E-state index >= 15 is 0 Å². The Bertz CT molecular complexity index is 582. The summed E-state index contributed by atoms with van der Waals surface area (Å²) in [5.41, 5.74) is 3.71. The van der Waals surface area contributed by atoms with Crippen LogP contribution in [-0.2, 0) is 6.42 Å². The first-order valence-electron chi connectivity index (χ1n) is 7.38. The van der Waals surface area contributed by atoms with Gasteiger partial charge in [-0.05, 0) is 64.9 Å². The fourth-order valence-electron chi connectivity index (χ4n) is 2.95. The molecule has 0 spiro atoms. The molecule has 3 rings (SSSR count). The number of thiophene rings is 1. The first-order valence-corrected chi connectivity index (χ1v) is 8.32. The number of rotatable bonds is 5. The molecule has 21 heavy (non-hydrogen) atoms. The number of ether oxygens (including phenoxy) is 1. The van der Waals surface area contributed by atoms with Gasteiger partial charge in [-0.3, -0.25) is 0 Å². The predicted molar refractivity (Wildman–Crippen MR) is 86.0 cm³/mol. The van der Waals surface area contributed by atoms with Crippen LogP contribution in [0, 0.1) is 0 Å². The van der Waals surface area contributed by atoms with Gasteiger partial charge in [0.05, 0.1) is 13.2 Å². The Morgan fingerprint density at radius 1 is 1.43 bits per heavy atom. The molecule has 0 radical (unpaired) electrons. The lowest BCUT2D eigenvalue weighted by atomic mass is 9.87. The summed E-state index contributed by atoms with van der Waals surface area (Å²) in [5.74, 6) is 0.904. The Labute approximate surface area is 129 Å². The molecule has 1 aromatic carbocycles. The smallest absolute Gasteiger partial charge is 0.119 e. The normalized spacial score (nSPS) is 19.0. The molecule has 0 amide bonds. The highest BCUT2D eigenvalue weighted by atomic mass is 32.1. The van der Waals surface area contributed by atoms with E-state index < -0.39 is 6.10 Å². The number of hydrogen-bond acceptors (Lipinski definition) is 4. The van der Waals surface area contributed by atoms with Crippen molar-refractivity contribution in [3.8, 4) is 5.75 Å². The Morgan fingerprint density at radius 3 is 3.10 bits per heavy atom. The molecule has 3 nitrogen and oxygen atoms in total. The van der Waals surface area contributed by atoms with Gasteiger partial charge in [0.2, 0.25) is 0 Å². The first kappa shape index (κ1) is 14.6. The zero-order valence-corrected chi connectivity index (χ0v) is 13.0. The summed E-state index contributed by atoms with van der Waals surface area (Å²) < 4.78 is 5.34. The second kappa shape index (κ2) is 6.60. The van der Waals surface area contributed by atoms with Crippen molar-refractivity contribution in [1.82, 2.24) is 5.32 Å². The molecule has 0 saturated heterocycles. The van der Waals surface area contributed by atoms with E-state index in [2.05, 4.69) is 17.4 Å². The summed E-state index contributed by atoms with van der Waals surface area (Å²) in [6, 6.07) is 8.61. The Kier molecular flexibility index (Phi) is 4.58. The van der Waals surface area contributed by atoms with Crippen LogP contribution in [0.4, 0.5) is 0 Å². The summed E-state index contributed by atoms with van der Waals surface area (Å²) in [4.78, 5) is 0. The van der Waals surface area contributed by atoms with Crippen LogP contribution in [0.5, 0.6) is 5.75 Å². The van der Waals surface area contributed by atoms with Crippen LogP contribution in [0.3, 0.4) is 0 Å². The first-order chi connectivity index (χ1) is 10.3. The number of nitrogens with one attached hydrogen (secondary N) is 1. The van der Waals surface area contributed by atoms with Gasteiger partial charge in [-0.15, -0.1) is 0 Å². The van der Waals surface area contributed by atoms with Crippen LogP contribution >= 0.6 is 11.3 Å². The molecule has 2 aromatic rings. The molecule has 1 aromatic heterocycles. The fraction of sp³-hybridized carbons (Fsp3) is 0.412. The molecule has 2 atom stereocenters. The second-order valence-corrected chi connectivity index (χ2v) is 6.27. The average Bonchev–Trinajstić information content (AvgIpc) is 3.06. The Balaban J connectivity index is 1.70. The number of aliphatic hydroxyl groups is 1. The lowest BCUT2D eigenvalue weighted by molar-refractivity contribution is 0.168. The molecule has 0 saturated carbocycles. The highest BCUT2D eigenvalue weighted by Crippen LogP contribution is 2.32. The molecule has 1 heterocycles. The Morgan fingerprint density at radius 2 is 2.33 bits per heavy atom. The van der Waals surface area contributed by atoms with Gasteiger partial charge in [-0.25, -0.2) is 0 Å². The number of fused-ring (bicyclic) bond motifs is 1. The van der Waals surface area contributed by atoms with Gasteiger partial charge in [-0.1, -0.05) is 6.07 Å². The molecule has 112 valence electrons. The van der Waals surface area contributed by atoms with E-state index in [4.69, 9.17) is 4.74 Å². The monoisotopic (exact) mass is 303 g/mol. The van der Waals surface area contributed by atoms with Crippen LogP contribution in [0.1, 0.15) is 41.7 Å². The Hall–Kier alpha value is -1.36. The van der Waals surface area contributed by atoms with E-state index in [1.165, 1.54) is 17.5 Å². The minimum atomic E-state index is -0.438. The molecule has 0 bridgehead atoms. The van der Waals surface area contributed by atoms with Crippen molar-refractivity contribution in [2.75, 3.05) is 13.7 Å². The van der Waals surface area contributed by atoms with Crippen molar-refractivity contribution in [3.05, 3.63) is 51.7 Å². The van der Waals surface area contributed by atoms with Crippen LogP contribution in [0.25, 0.3) is 0 Å². The van der Waals surface area contributed by atoms with E-state index in [0.29, 0.717) is 12.6 Å². The number of aryl methyl sites for hydroxylation is 1. The van der Waals surface area contributed by atoms with Crippen molar-refractivity contribution in [3.63, 3.8) is 0 Å². The maximum Gasteiger partial charge on any atom is 0.119 e. The van der Waals surface area contributed by atoms with Crippen molar-refractivity contribution >= 4 is 11.3 Å². The number of benzene rings is 1. The molecule has 0 aliphatic heterocycles. The molecular formula is C17H21NO2S. The van der Waals surface area contributed by atoms with Gasteiger partial charge in [0.1, 0.15) is 5.75 Å². The summed E-state index contributed by atoms with van der Waals surface area (Å²) in [6.45, 7) is 0.581. The summed E-state index contributed by atoms with van der Waals surface area (Å²) in [5, 5.41) is 17.7. The topological polar surface area (TPSA) is 41.5 Å². The van der Waals surface area contributed by atoms with Crippen molar-refractivity contribution in [2.45, 2.75) is 31.4 Å². The van der Waals surface area contributed by atoms with Gasteiger partial charge in [-0.2, -0.15) is 11.3 Å². The second-order valence-electron chi connectivity index (χ2n) is 5.49. The SMILES string of the molecule is COc1ccc2c(c1)C(NCC(O)c1ccsc1)CCC2. The molecular weight excluding hydrogens is 282 g/mol. The third-order valence-corrected chi connectivity index (χ3v) is 4.85. The third-order valence-electron chi connectivity index (χ3n) is 4.15. The van der Waals surface area contributed by atoms with Gasteiger partial charge in [0, 0.05) is 12.6 Å². The summed E-state index contributed by atoms with van der Waals surface area (Å²) >= 11 is 1.62. The van der Waals surface area contributed by atoms with Crippen molar-refractivity contribution < 1.29 is 9.84 Å². The fourth-order valence-corrected chi connectivity index (χ4v) is 3.66. The molecule has 1 aliphatic rings. The minimum absolute atomic E-state index is 0.303. The van der Waals surface area contributed by atoms with E-state index in [-0.39, 0.29) is 0 Å². The number of aliphatic hydroxyl groups excluding tert-OH is 1. The zero-order valence-electron chi connectivity index (χ0n) is 12.2. The van der Waals surface area contributed by atoms with Crippen molar-refractivity contribution in [1.29, 1.82) is 0 Å². The van der Waals surface area contributed by atoms with E-state index in [1.807, 2.05) is 22.9 Å². The van der Waals surface area contributed by atoms with Gasteiger partial charge < -0.3 is 15.2 Å². The van der Waals surface area contributed by atoms with Crippen LogP contribution in [0.15, 0.2) is 35.0 Å². The molecule has 2 unspecified atom stereocenters. The maximum absolute atomic E-state index is 10.2. The average molecular weight is 303 g/mol. The van der Waals surface area contributed by atoms with Crippen LogP contribution in [0.2, 0.25) is 0 Å². The molecule has 2 N–H and O–H groups in total. The van der Waals surface area contributed by atoms with Gasteiger partial charge in [0.25, 0.3) is 0 Å². The van der Waals surface area contributed by atoms with Gasteiger partial charge in [0.15, 0.2) is 0 Å². The maximum atomic E-state index is 10.2. The summed E-state index contributed by atoms with van der Waals surface area (Å²) in [6.07, 6.45) is 2.99. The molecule has 4 heteroatoms. The number of hydrogen-bond donors (Lipinski definition) is 2. The summed E-state index contributed by atoms with van der Waals surface area (Å²) in [7, 11) is 1.70. The van der Waals surface area contributed by atoms with E-state index in [0.717, 1.165) is 24.2 Å². The van der Waals surface area contributed by atoms with Crippen LogP contribution < -0.4 is 10.1 Å².